The lowest BCUT2D eigenvalue weighted by Gasteiger charge is -2.18. The first-order valence-electron chi connectivity index (χ1n) is 9.83. The summed E-state index contributed by atoms with van der Waals surface area (Å²) < 4.78 is 5.40. The van der Waals surface area contributed by atoms with Crippen LogP contribution in [0.25, 0.3) is 0 Å². The fraction of sp³-hybridized carbons (Fsp3) is 0.120. The van der Waals surface area contributed by atoms with Crippen LogP contribution in [0.5, 0.6) is 5.75 Å². The van der Waals surface area contributed by atoms with Crippen LogP contribution in [0.4, 0.5) is 11.4 Å². The summed E-state index contributed by atoms with van der Waals surface area (Å²) >= 11 is 1.28. The zero-order valence-electron chi connectivity index (χ0n) is 17.5. The molecule has 31 heavy (non-hydrogen) atoms. The van der Waals surface area contributed by atoms with Crippen LogP contribution in [0.15, 0.2) is 88.3 Å². The molecule has 0 bridgehead atoms. The van der Waals surface area contributed by atoms with Gasteiger partial charge in [0.15, 0.2) is 0 Å². The lowest BCUT2D eigenvalue weighted by atomic mass is 10.1. The molecule has 3 aromatic rings. The number of hydrogen-bond donors (Lipinski definition) is 1. The van der Waals surface area contributed by atoms with E-state index in [4.69, 9.17) is 4.74 Å². The highest BCUT2D eigenvalue weighted by Gasteiger charge is 2.41. The van der Waals surface area contributed by atoms with E-state index in [9.17, 15) is 9.59 Å². The third-order valence-electron chi connectivity index (χ3n) is 4.97. The van der Waals surface area contributed by atoms with Gasteiger partial charge in [-0.15, -0.1) is 0 Å². The Balaban J connectivity index is 1.79. The van der Waals surface area contributed by atoms with Gasteiger partial charge in [-0.05, 0) is 49.7 Å². The Hall–Kier alpha value is -3.51. The molecule has 0 aliphatic carbocycles. The molecule has 0 fully saturated rings. The quantitative estimate of drug-likeness (QED) is 0.538. The molecule has 1 aliphatic rings. The Labute approximate surface area is 185 Å². The number of nitrogens with one attached hydrogen (secondary N) is 1. The fourth-order valence-electron chi connectivity index (χ4n) is 3.44. The van der Waals surface area contributed by atoms with E-state index in [0.717, 1.165) is 21.7 Å². The Morgan fingerprint density at radius 2 is 1.58 bits per heavy atom. The molecule has 5 nitrogen and oxygen atoms in total. The predicted octanol–water partition coefficient (Wildman–Crippen LogP) is 5.30. The molecule has 2 amide bonds. The number of carbonyl (C=O) groups excluding carboxylic acids is 2. The number of imide groups is 1. The molecular weight excluding hydrogens is 408 g/mol. The van der Waals surface area contributed by atoms with Crippen LogP contribution >= 0.6 is 11.8 Å². The second kappa shape index (κ2) is 8.70. The SMILES string of the molecule is COc1ccccc1N1C(=O)C(Nc2ccc(C)cc2C)=C(Sc2ccccc2)C1=O. The number of aryl methyl sites for hydroxylation is 2. The van der Waals surface area contributed by atoms with E-state index < -0.39 is 5.91 Å². The first-order valence-corrected chi connectivity index (χ1v) is 10.6. The standard InChI is InChI=1S/C25H22N2O3S/c1-16-13-14-19(17(2)15-16)26-22-23(31-18-9-5-4-6-10-18)25(29)27(24(22)28)20-11-7-8-12-21(20)30-3/h4-15,26H,1-3H3. The number of ether oxygens (including phenoxy) is 1. The van der Waals surface area contributed by atoms with Crippen LogP contribution in [0.2, 0.25) is 0 Å². The lowest BCUT2D eigenvalue weighted by molar-refractivity contribution is -0.120. The van der Waals surface area contributed by atoms with Gasteiger partial charge in [0.05, 0.1) is 12.8 Å². The van der Waals surface area contributed by atoms with Crippen molar-refractivity contribution < 1.29 is 14.3 Å². The Morgan fingerprint density at radius 1 is 0.871 bits per heavy atom. The van der Waals surface area contributed by atoms with E-state index >= 15 is 0 Å². The van der Waals surface area contributed by atoms with Crippen molar-refractivity contribution in [3.05, 3.63) is 94.5 Å². The molecule has 0 aromatic heterocycles. The molecule has 3 aromatic carbocycles. The largest absolute Gasteiger partial charge is 0.495 e. The monoisotopic (exact) mass is 430 g/mol. The molecule has 0 atom stereocenters. The average Bonchev–Trinajstić information content (AvgIpc) is 3.00. The minimum Gasteiger partial charge on any atom is -0.495 e. The molecule has 0 radical (unpaired) electrons. The maximum atomic E-state index is 13.5. The molecule has 6 heteroatoms. The average molecular weight is 431 g/mol. The number of anilines is 2. The summed E-state index contributed by atoms with van der Waals surface area (Å²) in [5.41, 5.74) is 3.59. The number of hydrogen-bond acceptors (Lipinski definition) is 5. The van der Waals surface area contributed by atoms with Crippen molar-refractivity contribution in [1.29, 1.82) is 0 Å². The predicted molar refractivity (Wildman–Crippen MR) is 124 cm³/mol. The van der Waals surface area contributed by atoms with E-state index in [0.29, 0.717) is 16.3 Å². The molecule has 0 saturated heterocycles. The van der Waals surface area contributed by atoms with Crippen LogP contribution < -0.4 is 15.0 Å². The Morgan fingerprint density at radius 3 is 2.29 bits per heavy atom. The van der Waals surface area contributed by atoms with Crippen molar-refractivity contribution in [2.45, 2.75) is 18.7 Å². The van der Waals surface area contributed by atoms with Gasteiger partial charge in [-0.25, -0.2) is 4.90 Å². The van der Waals surface area contributed by atoms with Crippen molar-refractivity contribution >= 4 is 35.0 Å². The Bertz CT molecular complexity index is 1190. The van der Waals surface area contributed by atoms with E-state index in [2.05, 4.69) is 5.32 Å². The van der Waals surface area contributed by atoms with Crippen molar-refractivity contribution in [1.82, 2.24) is 0 Å². The van der Waals surface area contributed by atoms with Gasteiger partial charge in [0.1, 0.15) is 16.4 Å². The second-order valence-electron chi connectivity index (χ2n) is 7.18. The summed E-state index contributed by atoms with van der Waals surface area (Å²) in [5.74, 6) is -0.329. The van der Waals surface area contributed by atoms with Crippen molar-refractivity contribution in [3.8, 4) is 5.75 Å². The number of thioether (sulfide) groups is 1. The van der Waals surface area contributed by atoms with Gasteiger partial charge in [-0.1, -0.05) is 59.8 Å². The van der Waals surface area contributed by atoms with Crippen LogP contribution in [-0.2, 0) is 9.59 Å². The highest BCUT2D eigenvalue weighted by molar-refractivity contribution is 8.04. The normalized spacial score (nSPS) is 13.7. The molecule has 156 valence electrons. The van der Waals surface area contributed by atoms with E-state index in [1.54, 1.807) is 24.3 Å². The van der Waals surface area contributed by atoms with Crippen LogP contribution in [-0.4, -0.2) is 18.9 Å². The second-order valence-corrected chi connectivity index (χ2v) is 8.26. The maximum absolute atomic E-state index is 13.5. The van der Waals surface area contributed by atoms with Crippen LogP contribution in [0.1, 0.15) is 11.1 Å². The topological polar surface area (TPSA) is 58.6 Å². The Kier molecular flexibility index (Phi) is 5.82. The first kappa shape index (κ1) is 20.8. The zero-order valence-corrected chi connectivity index (χ0v) is 18.3. The summed E-state index contributed by atoms with van der Waals surface area (Å²) in [6.07, 6.45) is 0. The summed E-state index contributed by atoms with van der Waals surface area (Å²) in [5, 5.41) is 3.23. The highest BCUT2D eigenvalue weighted by atomic mass is 32.2. The number of carbonyl (C=O) groups is 2. The van der Waals surface area contributed by atoms with Gasteiger partial charge in [0.25, 0.3) is 11.8 Å². The van der Waals surface area contributed by atoms with E-state index in [-0.39, 0.29) is 11.6 Å². The van der Waals surface area contributed by atoms with Crippen molar-refractivity contribution in [2.75, 3.05) is 17.3 Å². The molecule has 0 saturated carbocycles. The number of methoxy groups -OCH3 is 1. The van der Waals surface area contributed by atoms with Gasteiger partial charge >= 0.3 is 0 Å². The molecule has 1 N–H and O–H groups in total. The van der Waals surface area contributed by atoms with Gasteiger partial charge < -0.3 is 10.1 Å². The number of para-hydroxylation sites is 2. The first-order chi connectivity index (χ1) is 15.0. The van der Waals surface area contributed by atoms with Crippen LogP contribution in [0, 0.1) is 13.8 Å². The fourth-order valence-corrected chi connectivity index (χ4v) is 4.39. The third kappa shape index (κ3) is 4.07. The van der Waals surface area contributed by atoms with Gasteiger partial charge in [0, 0.05) is 10.6 Å². The highest BCUT2D eigenvalue weighted by Crippen LogP contribution is 2.40. The number of amides is 2. The number of nitrogens with zero attached hydrogens (tertiary/aromatic N) is 1. The van der Waals surface area contributed by atoms with Gasteiger partial charge in [-0.3, -0.25) is 9.59 Å². The molecular formula is C25H22N2O3S. The van der Waals surface area contributed by atoms with Gasteiger partial charge in [-0.2, -0.15) is 0 Å². The number of benzene rings is 3. The molecule has 1 aliphatic heterocycles. The summed E-state index contributed by atoms with van der Waals surface area (Å²) in [6, 6.07) is 22.5. The third-order valence-corrected chi connectivity index (χ3v) is 6.06. The molecule has 4 rings (SSSR count). The van der Waals surface area contributed by atoms with E-state index in [1.165, 1.54) is 23.8 Å². The van der Waals surface area contributed by atoms with Gasteiger partial charge in [0.2, 0.25) is 0 Å². The summed E-state index contributed by atoms with van der Waals surface area (Å²) in [4.78, 5) is 29.3. The van der Waals surface area contributed by atoms with E-state index in [1.807, 2.05) is 62.4 Å². The number of rotatable bonds is 6. The lowest BCUT2D eigenvalue weighted by Crippen LogP contribution is -2.32. The van der Waals surface area contributed by atoms with Crippen molar-refractivity contribution in [2.24, 2.45) is 0 Å². The van der Waals surface area contributed by atoms with Crippen molar-refractivity contribution in [3.63, 3.8) is 0 Å². The zero-order chi connectivity index (χ0) is 22.0. The minimum absolute atomic E-state index is 0.261. The minimum atomic E-state index is -0.409. The summed E-state index contributed by atoms with van der Waals surface area (Å²) in [6.45, 7) is 3.99. The molecule has 1 heterocycles. The molecule has 0 unspecified atom stereocenters. The smallest absolute Gasteiger partial charge is 0.283 e. The summed E-state index contributed by atoms with van der Waals surface area (Å²) in [7, 11) is 1.52. The molecule has 0 spiro atoms. The maximum Gasteiger partial charge on any atom is 0.283 e. The van der Waals surface area contributed by atoms with Crippen LogP contribution in [0.3, 0.4) is 0 Å².